The quantitative estimate of drug-likeness (QED) is 0.848. The van der Waals surface area contributed by atoms with Crippen molar-refractivity contribution in [2.75, 3.05) is 12.3 Å². The van der Waals surface area contributed by atoms with Crippen LogP contribution in [0.25, 0.3) is 0 Å². The number of rotatable bonds is 4. The van der Waals surface area contributed by atoms with Crippen molar-refractivity contribution in [3.05, 3.63) is 22.3 Å². The molecule has 0 aliphatic heterocycles. The Morgan fingerprint density at radius 3 is 2.82 bits per heavy atom. The lowest BCUT2D eigenvalue weighted by molar-refractivity contribution is -0.142. The first-order valence-corrected chi connectivity index (χ1v) is 5.22. The number of nitrogens with two attached hydrogens (primary N) is 1. The second kappa shape index (κ2) is 5.77. The van der Waals surface area contributed by atoms with Gasteiger partial charge in [0.05, 0.1) is 23.7 Å². The monoisotopic (exact) mass is 264 g/mol. The second-order valence-corrected chi connectivity index (χ2v) is 3.58. The highest BCUT2D eigenvalue weighted by molar-refractivity contribution is 6.32. The molecule has 1 rings (SSSR count). The molecule has 0 saturated heterocycles. The maximum atomic E-state index is 12.7. The molecule has 0 spiro atoms. The predicted molar refractivity (Wildman–Crippen MR) is 59.0 cm³/mol. The van der Waals surface area contributed by atoms with E-state index < -0.39 is 18.0 Å². The van der Waals surface area contributed by atoms with E-state index in [1.807, 2.05) is 0 Å². The summed E-state index contributed by atoms with van der Waals surface area (Å²) in [7, 11) is 0. The minimum Gasteiger partial charge on any atom is -0.466 e. The number of halogens is 3. The van der Waals surface area contributed by atoms with Crippen molar-refractivity contribution in [1.29, 1.82) is 0 Å². The number of alkyl halides is 2. The summed E-state index contributed by atoms with van der Waals surface area (Å²) in [5.74, 6) is -0.723. The predicted octanol–water partition coefficient (Wildman–Crippen LogP) is 2.36. The van der Waals surface area contributed by atoms with Crippen molar-refractivity contribution in [1.82, 2.24) is 4.98 Å². The third-order valence-corrected chi connectivity index (χ3v) is 2.27. The number of nitrogens with zero attached hydrogens (tertiary/aromatic N) is 1. The number of ether oxygens (including phenoxy) is 1. The van der Waals surface area contributed by atoms with Gasteiger partial charge in [-0.05, 0) is 13.0 Å². The molecule has 0 aliphatic rings. The first-order chi connectivity index (χ1) is 7.95. The van der Waals surface area contributed by atoms with Gasteiger partial charge < -0.3 is 10.5 Å². The number of aromatic nitrogens is 1. The molecule has 0 aromatic carbocycles. The minimum atomic E-state index is -2.77. The van der Waals surface area contributed by atoms with E-state index in [1.165, 1.54) is 0 Å². The molecule has 0 saturated carbocycles. The van der Waals surface area contributed by atoms with Gasteiger partial charge in [0, 0.05) is 5.56 Å². The maximum Gasteiger partial charge on any atom is 0.311 e. The second-order valence-electron chi connectivity index (χ2n) is 3.17. The Morgan fingerprint density at radius 1 is 1.65 bits per heavy atom. The summed E-state index contributed by atoms with van der Waals surface area (Å²) in [5, 5.41) is -0.0621. The molecule has 0 fully saturated rings. The van der Waals surface area contributed by atoms with Gasteiger partial charge in [-0.25, -0.2) is 13.8 Å². The lowest BCUT2D eigenvalue weighted by Gasteiger charge is -2.09. The number of esters is 1. The topological polar surface area (TPSA) is 65.2 Å². The number of hydrogen-bond donors (Lipinski definition) is 1. The third kappa shape index (κ3) is 3.52. The molecule has 7 heteroatoms. The molecule has 94 valence electrons. The Bertz CT molecular complexity index is 427. The standard InChI is InChI=1S/C10H11ClF2N2O2/c1-2-17-8(16)4-7-5(9(12)13)3-6(11)10(14)15-7/h3,9H,2,4H2,1H3,(H2,14,15). The van der Waals surface area contributed by atoms with Gasteiger partial charge in [0.2, 0.25) is 0 Å². The number of carbonyl (C=O) groups is 1. The van der Waals surface area contributed by atoms with E-state index in [9.17, 15) is 13.6 Å². The Kier molecular flexibility index (Phi) is 4.62. The summed E-state index contributed by atoms with van der Waals surface area (Å²) in [4.78, 5) is 14.9. The van der Waals surface area contributed by atoms with Gasteiger partial charge in [-0.3, -0.25) is 4.79 Å². The largest absolute Gasteiger partial charge is 0.466 e. The van der Waals surface area contributed by atoms with E-state index in [2.05, 4.69) is 9.72 Å². The van der Waals surface area contributed by atoms with E-state index >= 15 is 0 Å². The highest BCUT2D eigenvalue weighted by Gasteiger charge is 2.19. The van der Waals surface area contributed by atoms with Crippen LogP contribution in [0.15, 0.2) is 6.07 Å². The van der Waals surface area contributed by atoms with Gasteiger partial charge >= 0.3 is 5.97 Å². The SMILES string of the molecule is CCOC(=O)Cc1nc(N)c(Cl)cc1C(F)F. The zero-order chi connectivity index (χ0) is 13.0. The fourth-order valence-electron chi connectivity index (χ4n) is 1.24. The van der Waals surface area contributed by atoms with Crippen LogP contribution in [-0.4, -0.2) is 17.6 Å². The zero-order valence-corrected chi connectivity index (χ0v) is 9.80. The molecule has 1 aromatic heterocycles. The molecular weight excluding hydrogens is 254 g/mol. The molecular formula is C10H11ClF2N2O2. The maximum absolute atomic E-state index is 12.7. The van der Waals surface area contributed by atoms with Gasteiger partial charge in [0.1, 0.15) is 5.82 Å². The normalized spacial score (nSPS) is 10.6. The van der Waals surface area contributed by atoms with Crippen molar-refractivity contribution in [3.8, 4) is 0 Å². The van der Waals surface area contributed by atoms with Gasteiger partial charge in [0.15, 0.2) is 0 Å². The molecule has 17 heavy (non-hydrogen) atoms. The smallest absolute Gasteiger partial charge is 0.311 e. The van der Waals surface area contributed by atoms with Gasteiger partial charge in [-0.2, -0.15) is 0 Å². The Morgan fingerprint density at radius 2 is 2.29 bits per heavy atom. The summed E-state index contributed by atoms with van der Waals surface area (Å²) in [6, 6.07) is 1.02. The van der Waals surface area contributed by atoms with Crippen LogP contribution in [-0.2, 0) is 16.0 Å². The molecule has 2 N–H and O–H groups in total. The number of pyridine rings is 1. The fourth-order valence-corrected chi connectivity index (χ4v) is 1.40. The molecule has 0 atom stereocenters. The average molecular weight is 265 g/mol. The van der Waals surface area contributed by atoms with Gasteiger partial charge in [-0.15, -0.1) is 0 Å². The van der Waals surface area contributed by atoms with E-state index in [0.29, 0.717) is 0 Å². The van der Waals surface area contributed by atoms with Crippen LogP contribution in [0.4, 0.5) is 14.6 Å². The molecule has 0 radical (unpaired) electrons. The van der Waals surface area contributed by atoms with Crippen LogP contribution in [0.5, 0.6) is 0 Å². The summed E-state index contributed by atoms with van der Waals surface area (Å²) in [6.07, 6.45) is -3.13. The molecule has 4 nitrogen and oxygen atoms in total. The van der Waals surface area contributed by atoms with E-state index in [1.54, 1.807) is 6.92 Å². The highest BCUT2D eigenvalue weighted by Crippen LogP contribution is 2.28. The number of hydrogen-bond acceptors (Lipinski definition) is 4. The lowest BCUT2D eigenvalue weighted by atomic mass is 10.1. The molecule has 1 aromatic rings. The average Bonchev–Trinajstić information content (AvgIpc) is 2.23. The van der Waals surface area contributed by atoms with Crippen molar-refractivity contribution in [2.24, 2.45) is 0 Å². The molecule has 0 bridgehead atoms. The Balaban J connectivity index is 3.04. The fraction of sp³-hybridized carbons (Fsp3) is 0.400. The summed E-state index contributed by atoms with van der Waals surface area (Å²) >= 11 is 5.59. The third-order valence-electron chi connectivity index (χ3n) is 1.97. The van der Waals surface area contributed by atoms with Crippen LogP contribution < -0.4 is 5.73 Å². The van der Waals surface area contributed by atoms with Gasteiger partial charge in [-0.1, -0.05) is 11.6 Å². The first kappa shape index (κ1) is 13.6. The van der Waals surface area contributed by atoms with E-state index in [0.717, 1.165) is 6.07 Å². The Hall–Kier alpha value is -1.43. The minimum absolute atomic E-state index is 0.0621. The van der Waals surface area contributed by atoms with Crippen molar-refractivity contribution >= 4 is 23.4 Å². The van der Waals surface area contributed by atoms with Gasteiger partial charge in [0.25, 0.3) is 6.43 Å². The van der Waals surface area contributed by atoms with Crippen LogP contribution in [0.1, 0.15) is 24.6 Å². The van der Waals surface area contributed by atoms with Crippen molar-refractivity contribution in [3.63, 3.8) is 0 Å². The van der Waals surface area contributed by atoms with Crippen LogP contribution in [0.3, 0.4) is 0 Å². The number of carbonyl (C=O) groups excluding carboxylic acids is 1. The van der Waals surface area contributed by atoms with E-state index in [-0.39, 0.29) is 29.6 Å². The van der Waals surface area contributed by atoms with Crippen LogP contribution in [0.2, 0.25) is 5.02 Å². The highest BCUT2D eigenvalue weighted by atomic mass is 35.5. The molecule has 0 aliphatic carbocycles. The van der Waals surface area contributed by atoms with Crippen molar-refractivity contribution in [2.45, 2.75) is 19.8 Å². The summed E-state index contributed by atoms with van der Waals surface area (Å²) < 4.78 is 30.0. The number of nitrogen functional groups attached to an aromatic ring is 1. The zero-order valence-electron chi connectivity index (χ0n) is 9.04. The molecule has 0 amide bonds. The Labute approximate surface area is 102 Å². The molecule has 0 unspecified atom stereocenters. The lowest BCUT2D eigenvalue weighted by Crippen LogP contribution is -2.12. The van der Waals surface area contributed by atoms with Crippen molar-refractivity contribution < 1.29 is 18.3 Å². The summed E-state index contributed by atoms with van der Waals surface area (Å²) in [5.41, 5.74) is 4.88. The van der Waals surface area contributed by atoms with E-state index in [4.69, 9.17) is 17.3 Å². The number of anilines is 1. The summed E-state index contributed by atoms with van der Waals surface area (Å²) in [6.45, 7) is 1.79. The van der Waals surface area contributed by atoms with Crippen LogP contribution in [0, 0.1) is 0 Å². The van der Waals surface area contributed by atoms with Crippen LogP contribution >= 0.6 is 11.6 Å². The first-order valence-electron chi connectivity index (χ1n) is 4.84. The molecule has 1 heterocycles.